The summed E-state index contributed by atoms with van der Waals surface area (Å²) in [6.45, 7) is 2.84. The molecule has 0 amide bonds. The SMILES string of the molecule is CCCN1C[N+]([O-])(c2ccc(Br)cc2F)C=N1. The third kappa shape index (κ3) is 2.48. The number of hydroxylamine groups is 2. The summed E-state index contributed by atoms with van der Waals surface area (Å²) in [7, 11) is 0. The Morgan fingerprint density at radius 3 is 3.00 bits per heavy atom. The maximum absolute atomic E-state index is 13.7. The molecule has 0 aromatic heterocycles. The Morgan fingerprint density at radius 2 is 2.35 bits per heavy atom. The van der Waals surface area contributed by atoms with Gasteiger partial charge < -0.3 is 5.21 Å². The summed E-state index contributed by atoms with van der Waals surface area (Å²) in [5.41, 5.74) is 0.0931. The molecule has 6 heteroatoms. The summed E-state index contributed by atoms with van der Waals surface area (Å²) in [4.78, 5) is 0. The van der Waals surface area contributed by atoms with Gasteiger partial charge in [0.1, 0.15) is 0 Å². The third-order valence-electron chi connectivity index (χ3n) is 2.57. The Kier molecular flexibility index (Phi) is 3.46. The molecule has 1 heterocycles. The molecule has 4 nitrogen and oxygen atoms in total. The molecule has 17 heavy (non-hydrogen) atoms. The molecule has 1 aliphatic heterocycles. The molecule has 1 aromatic carbocycles. The zero-order valence-electron chi connectivity index (χ0n) is 9.44. The lowest BCUT2D eigenvalue weighted by molar-refractivity contribution is 0.261. The topological polar surface area (TPSA) is 38.7 Å². The minimum atomic E-state index is -0.862. The van der Waals surface area contributed by atoms with Crippen LogP contribution in [0.15, 0.2) is 27.8 Å². The second-order valence-electron chi connectivity index (χ2n) is 3.99. The molecule has 1 aromatic rings. The molecule has 2 rings (SSSR count). The molecule has 1 unspecified atom stereocenters. The van der Waals surface area contributed by atoms with E-state index in [0.29, 0.717) is 11.0 Å². The minimum Gasteiger partial charge on any atom is -0.620 e. The Labute approximate surface area is 108 Å². The number of quaternary nitrogens is 1. The molecule has 0 spiro atoms. The lowest BCUT2D eigenvalue weighted by Gasteiger charge is -2.34. The van der Waals surface area contributed by atoms with Crippen LogP contribution >= 0.6 is 15.9 Å². The first kappa shape index (κ1) is 12.5. The summed E-state index contributed by atoms with van der Waals surface area (Å²) in [5.74, 6) is -0.515. The summed E-state index contributed by atoms with van der Waals surface area (Å²) < 4.78 is 13.5. The molecule has 1 atom stereocenters. The Hall–Kier alpha value is -0.980. The van der Waals surface area contributed by atoms with Crippen molar-refractivity contribution in [3.8, 4) is 0 Å². The largest absolute Gasteiger partial charge is 0.620 e. The second-order valence-corrected chi connectivity index (χ2v) is 4.91. The highest BCUT2D eigenvalue weighted by atomic mass is 79.9. The fourth-order valence-electron chi connectivity index (χ4n) is 1.79. The zero-order valence-corrected chi connectivity index (χ0v) is 11.0. The van der Waals surface area contributed by atoms with Crippen LogP contribution in [0.25, 0.3) is 0 Å². The van der Waals surface area contributed by atoms with Crippen LogP contribution in [0.3, 0.4) is 0 Å². The average molecular weight is 302 g/mol. The van der Waals surface area contributed by atoms with Gasteiger partial charge in [0, 0.05) is 17.1 Å². The van der Waals surface area contributed by atoms with Gasteiger partial charge in [0.2, 0.25) is 6.34 Å². The number of rotatable bonds is 3. The Bertz CT molecular complexity index is 454. The van der Waals surface area contributed by atoms with Gasteiger partial charge in [0.25, 0.3) is 0 Å². The monoisotopic (exact) mass is 301 g/mol. The van der Waals surface area contributed by atoms with Gasteiger partial charge in [0.05, 0.1) is 0 Å². The molecule has 0 aliphatic carbocycles. The lowest BCUT2D eigenvalue weighted by Crippen LogP contribution is -2.43. The van der Waals surface area contributed by atoms with Gasteiger partial charge in [0.15, 0.2) is 18.2 Å². The van der Waals surface area contributed by atoms with Crippen LogP contribution < -0.4 is 4.65 Å². The first-order valence-corrected chi connectivity index (χ1v) is 6.19. The van der Waals surface area contributed by atoms with Crippen molar-refractivity contribution >= 4 is 28.0 Å². The van der Waals surface area contributed by atoms with E-state index in [4.69, 9.17) is 0 Å². The standard InChI is InChI=1S/C11H13BrFN3O/c1-2-5-15-8-16(17,7-14-15)11-4-3-9(12)6-10(11)13/h3-4,6-7H,2,5,8H2,1H3. The average Bonchev–Trinajstić information content (AvgIpc) is 2.61. The summed E-state index contributed by atoms with van der Waals surface area (Å²) in [6.07, 6.45) is 2.14. The Balaban J connectivity index is 2.25. The highest BCUT2D eigenvalue weighted by Gasteiger charge is 2.30. The zero-order chi connectivity index (χ0) is 12.5. The number of halogens is 2. The highest BCUT2D eigenvalue weighted by molar-refractivity contribution is 9.10. The van der Waals surface area contributed by atoms with Crippen LogP contribution in [0.4, 0.5) is 10.1 Å². The number of benzene rings is 1. The van der Waals surface area contributed by atoms with Crippen LogP contribution in [0, 0.1) is 11.0 Å². The highest BCUT2D eigenvalue weighted by Crippen LogP contribution is 2.29. The van der Waals surface area contributed by atoms with Gasteiger partial charge in [-0.2, -0.15) is 0 Å². The second kappa shape index (κ2) is 4.72. The van der Waals surface area contributed by atoms with Crippen molar-refractivity contribution in [2.75, 3.05) is 13.2 Å². The molecule has 0 fully saturated rings. The summed E-state index contributed by atoms with van der Waals surface area (Å²) >= 11 is 3.17. The van der Waals surface area contributed by atoms with E-state index in [1.165, 1.54) is 18.5 Å². The van der Waals surface area contributed by atoms with Crippen LogP contribution in [0.2, 0.25) is 0 Å². The molecular weight excluding hydrogens is 289 g/mol. The fraction of sp³-hybridized carbons (Fsp3) is 0.364. The van der Waals surface area contributed by atoms with Gasteiger partial charge >= 0.3 is 0 Å². The Morgan fingerprint density at radius 1 is 1.59 bits per heavy atom. The molecule has 0 bridgehead atoms. The molecule has 1 aliphatic rings. The third-order valence-corrected chi connectivity index (χ3v) is 3.07. The first-order chi connectivity index (χ1) is 8.05. The quantitative estimate of drug-likeness (QED) is 0.636. The molecular formula is C11H13BrFN3O. The smallest absolute Gasteiger partial charge is 0.214 e. The van der Waals surface area contributed by atoms with Crippen molar-refractivity contribution < 1.29 is 4.39 Å². The van der Waals surface area contributed by atoms with E-state index in [1.807, 2.05) is 6.92 Å². The van der Waals surface area contributed by atoms with E-state index < -0.39 is 10.5 Å². The predicted octanol–water partition coefficient (Wildman–Crippen LogP) is 3.02. The van der Waals surface area contributed by atoms with Crippen molar-refractivity contribution in [2.24, 2.45) is 5.10 Å². The number of hydrazone groups is 1. The summed E-state index contributed by atoms with van der Waals surface area (Å²) in [6, 6.07) is 4.45. The van der Waals surface area contributed by atoms with E-state index >= 15 is 0 Å². The van der Waals surface area contributed by atoms with E-state index in [-0.39, 0.29) is 12.4 Å². The van der Waals surface area contributed by atoms with Crippen molar-refractivity contribution in [1.29, 1.82) is 0 Å². The van der Waals surface area contributed by atoms with E-state index in [0.717, 1.165) is 6.42 Å². The molecule has 0 radical (unpaired) electrons. The first-order valence-electron chi connectivity index (χ1n) is 5.39. The molecule has 0 saturated heterocycles. The van der Waals surface area contributed by atoms with E-state index in [1.54, 1.807) is 11.1 Å². The van der Waals surface area contributed by atoms with Gasteiger partial charge in [-0.15, -0.1) is 5.10 Å². The van der Waals surface area contributed by atoms with Crippen LogP contribution in [-0.4, -0.2) is 24.6 Å². The molecule has 0 N–H and O–H groups in total. The van der Waals surface area contributed by atoms with Crippen molar-refractivity contribution in [1.82, 2.24) is 9.66 Å². The molecule has 0 saturated carbocycles. The number of hydrogen-bond acceptors (Lipinski definition) is 3. The van der Waals surface area contributed by atoms with Crippen LogP contribution in [-0.2, 0) is 0 Å². The molecule has 92 valence electrons. The van der Waals surface area contributed by atoms with Gasteiger partial charge in [-0.05, 0) is 18.6 Å². The normalized spacial score (nSPS) is 23.4. The van der Waals surface area contributed by atoms with Gasteiger partial charge in [-0.3, -0.25) is 4.65 Å². The number of nitrogens with zero attached hydrogens (tertiary/aromatic N) is 3. The van der Waals surface area contributed by atoms with Gasteiger partial charge in [-0.1, -0.05) is 22.9 Å². The van der Waals surface area contributed by atoms with Crippen LogP contribution in [0.1, 0.15) is 13.3 Å². The maximum Gasteiger partial charge on any atom is 0.214 e. The van der Waals surface area contributed by atoms with Crippen molar-refractivity contribution in [3.63, 3.8) is 0 Å². The number of hydrogen-bond donors (Lipinski definition) is 0. The van der Waals surface area contributed by atoms with Crippen LogP contribution in [0.5, 0.6) is 0 Å². The lowest BCUT2D eigenvalue weighted by atomic mass is 10.3. The summed E-state index contributed by atoms with van der Waals surface area (Å²) in [5, 5.41) is 18.1. The van der Waals surface area contributed by atoms with E-state index in [9.17, 15) is 9.60 Å². The minimum absolute atomic E-state index is 0.0931. The predicted molar refractivity (Wildman–Crippen MR) is 69.6 cm³/mol. The van der Waals surface area contributed by atoms with Gasteiger partial charge in [-0.25, -0.2) is 9.40 Å². The fourth-order valence-corrected chi connectivity index (χ4v) is 2.12. The maximum atomic E-state index is 13.7. The van der Waals surface area contributed by atoms with Crippen molar-refractivity contribution in [2.45, 2.75) is 13.3 Å². The van der Waals surface area contributed by atoms with Crippen molar-refractivity contribution in [3.05, 3.63) is 33.7 Å². The van der Waals surface area contributed by atoms with E-state index in [2.05, 4.69) is 21.0 Å².